The van der Waals surface area contributed by atoms with Crippen molar-refractivity contribution >= 4 is 5.91 Å². The number of nitrogens with one attached hydrogen (secondary N) is 1. The van der Waals surface area contributed by atoms with Gasteiger partial charge in [0, 0.05) is 32.3 Å². The van der Waals surface area contributed by atoms with Gasteiger partial charge in [-0.3, -0.25) is 9.78 Å². The molecule has 1 aliphatic rings. The van der Waals surface area contributed by atoms with Crippen molar-refractivity contribution in [2.75, 3.05) is 19.6 Å². The van der Waals surface area contributed by atoms with Crippen molar-refractivity contribution in [1.29, 1.82) is 0 Å². The summed E-state index contributed by atoms with van der Waals surface area (Å²) in [5, 5.41) is 24.3. The third-order valence-electron chi connectivity index (χ3n) is 5.04. The van der Waals surface area contributed by atoms with Gasteiger partial charge in [0.05, 0.1) is 18.3 Å². The highest BCUT2D eigenvalue weighted by Crippen LogP contribution is 2.22. The number of rotatable bonds is 7. The normalized spacial score (nSPS) is 22.6. The number of aryl methyl sites for hydroxylation is 1. The highest BCUT2D eigenvalue weighted by atomic mass is 16.3. The Balaban J connectivity index is 1.52. The van der Waals surface area contributed by atoms with E-state index < -0.39 is 11.7 Å². The van der Waals surface area contributed by atoms with Gasteiger partial charge >= 0.3 is 0 Å². The van der Waals surface area contributed by atoms with Crippen LogP contribution in [0.2, 0.25) is 0 Å². The van der Waals surface area contributed by atoms with Crippen molar-refractivity contribution in [3.05, 3.63) is 66.0 Å². The van der Waals surface area contributed by atoms with Crippen LogP contribution in [0.3, 0.4) is 0 Å². The maximum absolute atomic E-state index is 12.6. The number of benzene rings is 1. The van der Waals surface area contributed by atoms with E-state index in [2.05, 4.69) is 10.3 Å². The number of aliphatic hydroxyl groups is 2. The monoisotopic (exact) mass is 369 g/mol. The molecule has 2 atom stereocenters. The summed E-state index contributed by atoms with van der Waals surface area (Å²) < 4.78 is 0. The Labute approximate surface area is 159 Å². The lowest BCUT2D eigenvalue weighted by Crippen LogP contribution is -2.62. The van der Waals surface area contributed by atoms with Crippen LogP contribution in [0.4, 0.5) is 0 Å². The van der Waals surface area contributed by atoms with E-state index in [-0.39, 0.29) is 19.0 Å². The molecule has 1 aromatic carbocycles. The van der Waals surface area contributed by atoms with Crippen LogP contribution in [0, 0.1) is 0 Å². The molecule has 1 saturated heterocycles. The molecule has 2 heterocycles. The van der Waals surface area contributed by atoms with E-state index in [1.165, 1.54) is 0 Å². The van der Waals surface area contributed by atoms with Gasteiger partial charge < -0.3 is 20.4 Å². The number of aromatic nitrogens is 1. The molecule has 1 amide bonds. The minimum absolute atomic E-state index is 0.00824. The van der Waals surface area contributed by atoms with Crippen LogP contribution in [0.15, 0.2) is 54.7 Å². The standard InChI is InChI=1S/C21H27N3O3/c25-19-11-13-24(20(26)10-9-17-6-2-1-3-7-17)16-21(19,27)15-22-14-18-8-4-5-12-23-18/h1-8,12,19,22,25,27H,9-11,13-16H2/t19-,21+/m0/s1. The Morgan fingerprint density at radius 1 is 1.22 bits per heavy atom. The maximum atomic E-state index is 12.6. The first-order valence-electron chi connectivity index (χ1n) is 9.39. The van der Waals surface area contributed by atoms with Crippen molar-refractivity contribution in [3.8, 4) is 0 Å². The lowest BCUT2D eigenvalue weighted by atomic mass is 9.89. The number of amides is 1. The Kier molecular flexibility index (Phi) is 6.55. The highest BCUT2D eigenvalue weighted by Gasteiger charge is 2.42. The highest BCUT2D eigenvalue weighted by molar-refractivity contribution is 5.76. The van der Waals surface area contributed by atoms with Gasteiger partial charge in [0.25, 0.3) is 0 Å². The van der Waals surface area contributed by atoms with Crippen LogP contribution < -0.4 is 5.32 Å². The lowest BCUT2D eigenvalue weighted by Gasteiger charge is -2.43. The van der Waals surface area contributed by atoms with E-state index in [4.69, 9.17) is 0 Å². The average Bonchev–Trinajstić information content (AvgIpc) is 2.70. The second-order valence-corrected chi connectivity index (χ2v) is 7.13. The van der Waals surface area contributed by atoms with Crippen molar-refractivity contribution < 1.29 is 15.0 Å². The largest absolute Gasteiger partial charge is 0.390 e. The van der Waals surface area contributed by atoms with Crippen LogP contribution in [-0.4, -0.2) is 57.3 Å². The fourth-order valence-electron chi connectivity index (χ4n) is 3.41. The summed E-state index contributed by atoms with van der Waals surface area (Å²) in [4.78, 5) is 18.5. The summed E-state index contributed by atoms with van der Waals surface area (Å²) in [6, 6.07) is 15.5. The van der Waals surface area contributed by atoms with Gasteiger partial charge in [0.15, 0.2) is 0 Å². The van der Waals surface area contributed by atoms with Crippen LogP contribution in [0.5, 0.6) is 0 Å². The number of pyridine rings is 1. The van der Waals surface area contributed by atoms with Gasteiger partial charge in [0.1, 0.15) is 5.60 Å². The molecule has 6 nitrogen and oxygen atoms in total. The molecule has 0 aliphatic carbocycles. The van der Waals surface area contributed by atoms with E-state index in [0.717, 1.165) is 11.3 Å². The third-order valence-corrected chi connectivity index (χ3v) is 5.04. The first kappa shape index (κ1) is 19.5. The fraction of sp³-hybridized carbons (Fsp3) is 0.429. The lowest BCUT2D eigenvalue weighted by molar-refractivity contribution is -0.151. The first-order chi connectivity index (χ1) is 13.1. The maximum Gasteiger partial charge on any atom is 0.223 e. The molecular formula is C21H27N3O3. The van der Waals surface area contributed by atoms with Gasteiger partial charge in [-0.25, -0.2) is 0 Å². The predicted octanol–water partition coefficient (Wildman–Crippen LogP) is 1.13. The Hall–Kier alpha value is -2.28. The van der Waals surface area contributed by atoms with Gasteiger partial charge in [-0.1, -0.05) is 36.4 Å². The van der Waals surface area contributed by atoms with Crippen molar-refractivity contribution in [3.63, 3.8) is 0 Å². The van der Waals surface area contributed by atoms with Gasteiger partial charge in [-0.2, -0.15) is 0 Å². The second kappa shape index (κ2) is 9.08. The molecule has 6 heteroatoms. The number of β-amino-alcohol motifs (C(OH)–C–C–N with tert-alkyl or cyclic N) is 1. The minimum atomic E-state index is -1.35. The molecule has 0 spiro atoms. The van der Waals surface area contributed by atoms with Crippen LogP contribution in [0.1, 0.15) is 24.1 Å². The summed E-state index contributed by atoms with van der Waals surface area (Å²) in [6.07, 6.45) is 2.31. The SMILES string of the molecule is O=C(CCc1ccccc1)N1CC[C@H](O)[C@@](O)(CNCc2ccccn2)C1. The van der Waals surface area contributed by atoms with Gasteiger partial charge in [-0.15, -0.1) is 0 Å². The van der Waals surface area contributed by atoms with Crippen molar-refractivity contribution in [1.82, 2.24) is 15.2 Å². The van der Waals surface area contributed by atoms with Crippen LogP contribution >= 0.6 is 0 Å². The summed E-state index contributed by atoms with van der Waals surface area (Å²) >= 11 is 0. The average molecular weight is 369 g/mol. The van der Waals surface area contributed by atoms with E-state index in [1.807, 2.05) is 48.5 Å². The summed E-state index contributed by atoms with van der Waals surface area (Å²) in [5.74, 6) is 0.00824. The molecule has 0 radical (unpaired) electrons. The molecule has 0 bridgehead atoms. The van der Waals surface area contributed by atoms with Gasteiger partial charge in [0.2, 0.25) is 5.91 Å². The van der Waals surface area contributed by atoms with E-state index in [1.54, 1.807) is 11.1 Å². The van der Waals surface area contributed by atoms with E-state index in [0.29, 0.717) is 32.4 Å². The van der Waals surface area contributed by atoms with Crippen molar-refractivity contribution in [2.24, 2.45) is 0 Å². The number of aliphatic hydroxyl groups excluding tert-OH is 1. The Morgan fingerprint density at radius 3 is 2.74 bits per heavy atom. The second-order valence-electron chi connectivity index (χ2n) is 7.13. The first-order valence-corrected chi connectivity index (χ1v) is 9.39. The van der Waals surface area contributed by atoms with Crippen LogP contribution in [0.25, 0.3) is 0 Å². The summed E-state index contributed by atoms with van der Waals surface area (Å²) in [7, 11) is 0. The summed E-state index contributed by atoms with van der Waals surface area (Å²) in [6.45, 7) is 1.30. The Bertz CT molecular complexity index is 726. The minimum Gasteiger partial charge on any atom is -0.390 e. The molecule has 1 fully saturated rings. The summed E-state index contributed by atoms with van der Waals surface area (Å²) in [5.41, 5.74) is 0.632. The zero-order valence-corrected chi connectivity index (χ0v) is 15.4. The van der Waals surface area contributed by atoms with Gasteiger partial charge in [-0.05, 0) is 30.5 Å². The number of piperidine rings is 1. The number of hydrogen-bond acceptors (Lipinski definition) is 5. The fourth-order valence-corrected chi connectivity index (χ4v) is 3.41. The zero-order valence-electron chi connectivity index (χ0n) is 15.4. The van der Waals surface area contributed by atoms with Crippen LogP contribution in [-0.2, 0) is 17.8 Å². The molecule has 144 valence electrons. The number of likely N-dealkylation sites (tertiary alicyclic amines) is 1. The molecule has 3 N–H and O–H groups in total. The number of carbonyl (C=O) groups excluding carboxylic acids is 1. The molecular weight excluding hydrogens is 342 g/mol. The molecule has 0 saturated carbocycles. The molecule has 1 aliphatic heterocycles. The smallest absolute Gasteiger partial charge is 0.223 e. The third kappa shape index (κ3) is 5.35. The molecule has 3 rings (SSSR count). The number of carbonyl (C=O) groups is 1. The number of nitrogens with zero attached hydrogens (tertiary/aromatic N) is 2. The van der Waals surface area contributed by atoms with E-state index in [9.17, 15) is 15.0 Å². The molecule has 1 aromatic heterocycles. The predicted molar refractivity (Wildman–Crippen MR) is 103 cm³/mol. The van der Waals surface area contributed by atoms with E-state index >= 15 is 0 Å². The quantitative estimate of drug-likeness (QED) is 0.681. The zero-order chi connectivity index (χ0) is 19.1. The number of hydrogen-bond donors (Lipinski definition) is 3. The van der Waals surface area contributed by atoms with Crippen molar-refractivity contribution in [2.45, 2.75) is 37.5 Å². The topological polar surface area (TPSA) is 85.7 Å². The molecule has 27 heavy (non-hydrogen) atoms. The Morgan fingerprint density at radius 2 is 2.00 bits per heavy atom. The molecule has 2 aromatic rings. The molecule has 0 unspecified atom stereocenters.